The van der Waals surface area contributed by atoms with E-state index in [4.69, 9.17) is 9.15 Å². The summed E-state index contributed by atoms with van der Waals surface area (Å²) in [6.07, 6.45) is 3.99. The van der Waals surface area contributed by atoms with Crippen LogP contribution in [0.3, 0.4) is 0 Å². The number of aromatic amines is 1. The third-order valence-corrected chi connectivity index (χ3v) is 3.44. The number of hydrogen-bond donors (Lipinski definition) is 1. The molecule has 0 bridgehead atoms. The number of aromatic nitrogens is 1. The van der Waals surface area contributed by atoms with Crippen molar-refractivity contribution in [2.24, 2.45) is 0 Å². The molecule has 0 amide bonds. The fraction of sp³-hybridized carbons (Fsp3) is 0.188. The molecule has 3 aromatic rings. The molecule has 3 rings (SSSR count). The van der Waals surface area contributed by atoms with Gasteiger partial charge < -0.3 is 14.1 Å². The van der Waals surface area contributed by atoms with Gasteiger partial charge in [-0.05, 0) is 24.3 Å². The van der Waals surface area contributed by atoms with Gasteiger partial charge in [-0.3, -0.25) is 4.79 Å². The normalized spacial score (nSPS) is 10.9. The summed E-state index contributed by atoms with van der Waals surface area (Å²) in [4.78, 5) is 15.8. The minimum Gasteiger partial charge on any atom is -0.497 e. The van der Waals surface area contributed by atoms with Crippen molar-refractivity contribution in [3.63, 3.8) is 0 Å². The first-order valence-corrected chi connectivity index (χ1v) is 6.50. The van der Waals surface area contributed by atoms with E-state index in [0.29, 0.717) is 23.3 Å². The maximum atomic E-state index is 12.6. The molecule has 0 atom stereocenters. The van der Waals surface area contributed by atoms with Crippen LogP contribution in [0.1, 0.15) is 28.6 Å². The van der Waals surface area contributed by atoms with Crippen LogP contribution in [0.4, 0.5) is 0 Å². The Bertz CT molecular complexity index is 767. The average Bonchev–Trinajstić information content (AvgIpc) is 3.12. The molecule has 0 saturated carbocycles. The maximum absolute atomic E-state index is 12.6. The van der Waals surface area contributed by atoms with Gasteiger partial charge in [0.1, 0.15) is 11.5 Å². The van der Waals surface area contributed by atoms with E-state index < -0.39 is 0 Å². The summed E-state index contributed by atoms with van der Waals surface area (Å²) < 4.78 is 10.6. The number of ketones is 1. The lowest BCUT2D eigenvalue weighted by Crippen LogP contribution is -2.01. The van der Waals surface area contributed by atoms with Crippen LogP contribution in [0, 0.1) is 0 Å². The minimum atomic E-state index is -0.0323. The topological polar surface area (TPSA) is 55.2 Å². The quantitative estimate of drug-likeness (QED) is 0.737. The van der Waals surface area contributed by atoms with Crippen LogP contribution in [0.2, 0.25) is 0 Å². The van der Waals surface area contributed by atoms with E-state index in [0.717, 1.165) is 16.7 Å². The highest BCUT2D eigenvalue weighted by molar-refractivity contribution is 6.16. The van der Waals surface area contributed by atoms with E-state index in [1.807, 2.05) is 25.1 Å². The van der Waals surface area contributed by atoms with E-state index in [2.05, 4.69) is 4.98 Å². The van der Waals surface area contributed by atoms with Gasteiger partial charge in [0.05, 0.1) is 18.9 Å². The number of ether oxygens (including phenoxy) is 1. The number of furan rings is 1. The largest absolute Gasteiger partial charge is 0.497 e. The number of nitrogens with one attached hydrogen (secondary N) is 1. The van der Waals surface area contributed by atoms with Gasteiger partial charge in [0.2, 0.25) is 0 Å². The molecular formula is C16H15NO3. The Hall–Kier alpha value is -2.49. The smallest absolute Gasteiger partial charge is 0.198 e. The fourth-order valence-corrected chi connectivity index (χ4v) is 2.38. The number of carbonyl (C=O) groups excluding carboxylic acids is 1. The Morgan fingerprint density at radius 2 is 2.15 bits per heavy atom. The lowest BCUT2D eigenvalue weighted by atomic mass is 10.0. The summed E-state index contributed by atoms with van der Waals surface area (Å²) >= 11 is 0. The maximum Gasteiger partial charge on any atom is 0.198 e. The van der Waals surface area contributed by atoms with Crippen LogP contribution in [-0.4, -0.2) is 17.9 Å². The Kier molecular flexibility index (Phi) is 3.06. The third-order valence-electron chi connectivity index (χ3n) is 3.44. The van der Waals surface area contributed by atoms with Crippen LogP contribution in [0.25, 0.3) is 10.9 Å². The van der Waals surface area contributed by atoms with E-state index in [1.165, 1.54) is 0 Å². The van der Waals surface area contributed by atoms with Gasteiger partial charge >= 0.3 is 0 Å². The van der Waals surface area contributed by atoms with E-state index in [9.17, 15) is 4.79 Å². The zero-order chi connectivity index (χ0) is 14.1. The summed E-state index contributed by atoms with van der Waals surface area (Å²) in [5, 5.41) is 0.859. The van der Waals surface area contributed by atoms with Gasteiger partial charge in [-0.2, -0.15) is 0 Å². The predicted octanol–water partition coefficient (Wildman–Crippen LogP) is 3.56. The molecule has 0 unspecified atom stereocenters. The van der Waals surface area contributed by atoms with E-state index in [1.54, 1.807) is 25.6 Å². The van der Waals surface area contributed by atoms with Crippen molar-refractivity contribution in [2.75, 3.05) is 7.11 Å². The summed E-state index contributed by atoms with van der Waals surface area (Å²) in [5.74, 6) is 1.41. The van der Waals surface area contributed by atoms with Crippen molar-refractivity contribution in [1.29, 1.82) is 0 Å². The molecule has 0 saturated heterocycles. The van der Waals surface area contributed by atoms with Crippen molar-refractivity contribution >= 4 is 16.7 Å². The average molecular weight is 269 g/mol. The molecule has 2 aromatic heterocycles. The highest BCUT2D eigenvalue weighted by Crippen LogP contribution is 2.26. The number of fused-ring (bicyclic) bond motifs is 1. The van der Waals surface area contributed by atoms with Crippen molar-refractivity contribution in [2.45, 2.75) is 13.3 Å². The molecule has 1 aromatic carbocycles. The van der Waals surface area contributed by atoms with Crippen LogP contribution < -0.4 is 4.74 Å². The second-order valence-electron chi connectivity index (χ2n) is 4.55. The number of carbonyl (C=O) groups is 1. The summed E-state index contributed by atoms with van der Waals surface area (Å²) in [5.41, 5.74) is 2.17. The molecular weight excluding hydrogens is 254 g/mol. The molecule has 4 heteroatoms. The first-order chi connectivity index (χ1) is 9.74. The van der Waals surface area contributed by atoms with Crippen molar-refractivity contribution < 1.29 is 13.9 Å². The monoisotopic (exact) mass is 269 g/mol. The number of benzene rings is 1. The molecule has 0 aliphatic carbocycles. The molecule has 0 aliphatic heterocycles. The second kappa shape index (κ2) is 4.89. The Balaban J connectivity index is 2.12. The van der Waals surface area contributed by atoms with Crippen molar-refractivity contribution in [3.05, 3.63) is 53.6 Å². The molecule has 0 aliphatic rings. The first-order valence-electron chi connectivity index (χ1n) is 6.50. The molecule has 2 heterocycles. The summed E-state index contributed by atoms with van der Waals surface area (Å²) in [7, 11) is 1.61. The minimum absolute atomic E-state index is 0.0323. The van der Waals surface area contributed by atoms with Gasteiger partial charge in [0, 0.05) is 29.1 Å². The van der Waals surface area contributed by atoms with Gasteiger partial charge in [-0.15, -0.1) is 0 Å². The molecule has 0 radical (unpaired) electrons. The van der Waals surface area contributed by atoms with Gasteiger partial charge in [0.25, 0.3) is 0 Å². The fourth-order valence-electron chi connectivity index (χ4n) is 2.38. The third kappa shape index (κ3) is 1.90. The first kappa shape index (κ1) is 12.5. The Morgan fingerprint density at radius 1 is 1.30 bits per heavy atom. The molecule has 4 nitrogen and oxygen atoms in total. The van der Waals surface area contributed by atoms with Crippen LogP contribution in [0.15, 0.2) is 41.1 Å². The molecule has 1 N–H and O–H groups in total. The van der Waals surface area contributed by atoms with Gasteiger partial charge in [0.15, 0.2) is 5.78 Å². The van der Waals surface area contributed by atoms with Gasteiger partial charge in [-0.25, -0.2) is 0 Å². The van der Waals surface area contributed by atoms with E-state index in [-0.39, 0.29) is 5.78 Å². The molecule has 102 valence electrons. The van der Waals surface area contributed by atoms with Gasteiger partial charge in [-0.1, -0.05) is 6.92 Å². The molecule has 0 spiro atoms. The standard InChI is InChI=1S/C16H15NO3/c1-3-15-11(6-7-20-15)16(18)13-9-17-14-5-4-10(19-2)8-12(13)14/h4-9,17H,3H2,1-2H3. The van der Waals surface area contributed by atoms with Crippen LogP contribution >= 0.6 is 0 Å². The zero-order valence-electron chi connectivity index (χ0n) is 11.4. The SMILES string of the molecule is CCc1occc1C(=O)c1c[nH]c2ccc(OC)cc12. The van der Waals surface area contributed by atoms with E-state index >= 15 is 0 Å². The lowest BCUT2D eigenvalue weighted by molar-refractivity contribution is 0.103. The second-order valence-corrected chi connectivity index (χ2v) is 4.55. The predicted molar refractivity (Wildman–Crippen MR) is 76.4 cm³/mol. The molecule has 0 fully saturated rings. The Labute approximate surface area is 116 Å². The number of hydrogen-bond acceptors (Lipinski definition) is 3. The highest BCUT2D eigenvalue weighted by atomic mass is 16.5. The number of rotatable bonds is 4. The van der Waals surface area contributed by atoms with Crippen LogP contribution in [0.5, 0.6) is 5.75 Å². The van der Waals surface area contributed by atoms with Crippen LogP contribution in [-0.2, 0) is 6.42 Å². The number of aryl methyl sites for hydroxylation is 1. The lowest BCUT2D eigenvalue weighted by Gasteiger charge is -2.02. The van der Waals surface area contributed by atoms with Crippen molar-refractivity contribution in [3.8, 4) is 5.75 Å². The summed E-state index contributed by atoms with van der Waals surface area (Å²) in [6.45, 7) is 1.97. The summed E-state index contributed by atoms with van der Waals surface area (Å²) in [6, 6.07) is 7.36. The number of H-pyrrole nitrogens is 1. The zero-order valence-corrected chi connectivity index (χ0v) is 11.4. The Morgan fingerprint density at radius 3 is 2.90 bits per heavy atom. The van der Waals surface area contributed by atoms with Crippen molar-refractivity contribution in [1.82, 2.24) is 4.98 Å². The number of methoxy groups -OCH3 is 1. The molecule has 20 heavy (non-hydrogen) atoms. The highest BCUT2D eigenvalue weighted by Gasteiger charge is 2.19.